The van der Waals surface area contributed by atoms with E-state index in [1.165, 1.54) is 18.2 Å². The number of aromatic nitrogens is 1. The van der Waals surface area contributed by atoms with Gasteiger partial charge >= 0.3 is 0 Å². The summed E-state index contributed by atoms with van der Waals surface area (Å²) in [4.78, 5) is 16.3. The van der Waals surface area contributed by atoms with Gasteiger partial charge < -0.3 is 11.1 Å². The maximum atomic E-state index is 13.2. The van der Waals surface area contributed by atoms with Crippen LogP contribution in [0.2, 0.25) is 0 Å². The van der Waals surface area contributed by atoms with E-state index < -0.39 is 0 Å². The lowest BCUT2D eigenvalue weighted by molar-refractivity contribution is 0.102. The molecule has 20 heavy (non-hydrogen) atoms. The molecule has 1 aromatic carbocycles. The van der Waals surface area contributed by atoms with Gasteiger partial charge in [0.15, 0.2) is 0 Å². The molecule has 0 fully saturated rings. The molecular weight excluding hydrogens is 257 g/mol. The molecule has 0 atom stereocenters. The van der Waals surface area contributed by atoms with Crippen molar-refractivity contribution in [1.29, 1.82) is 0 Å². The van der Waals surface area contributed by atoms with E-state index in [0.717, 1.165) is 5.69 Å². The van der Waals surface area contributed by atoms with Crippen LogP contribution in [0.4, 0.5) is 15.9 Å². The molecule has 1 heterocycles. The van der Waals surface area contributed by atoms with E-state index in [9.17, 15) is 9.18 Å². The van der Waals surface area contributed by atoms with Gasteiger partial charge in [0.1, 0.15) is 11.6 Å². The number of benzene rings is 1. The lowest BCUT2D eigenvalue weighted by Gasteiger charge is -2.08. The van der Waals surface area contributed by atoms with Gasteiger partial charge in [0.2, 0.25) is 0 Å². The molecule has 3 N–H and O–H groups in total. The molecule has 5 heteroatoms. The molecule has 0 aliphatic rings. The van der Waals surface area contributed by atoms with Crippen molar-refractivity contribution in [3.05, 3.63) is 53.0 Å². The number of nitrogens with two attached hydrogens (primary N) is 1. The number of rotatable bonds is 3. The summed E-state index contributed by atoms with van der Waals surface area (Å²) in [7, 11) is 0. The first-order valence-electron chi connectivity index (χ1n) is 6.33. The molecular formula is C15H16FN3O. The fourth-order valence-electron chi connectivity index (χ4n) is 1.85. The molecule has 1 amide bonds. The van der Waals surface area contributed by atoms with E-state index >= 15 is 0 Å². The highest BCUT2D eigenvalue weighted by molar-refractivity contribution is 6.04. The molecule has 104 valence electrons. The minimum absolute atomic E-state index is 0.292. The summed E-state index contributed by atoms with van der Waals surface area (Å²) in [6.45, 7) is 3.58. The molecule has 0 spiro atoms. The fourth-order valence-corrected chi connectivity index (χ4v) is 1.85. The van der Waals surface area contributed by atoms with Gasteiger partial charge in [-0.1, -0.05) is 6.92 Å². The minimum Gasteiger partial charge on any atom is -0.384 e. The summed E-state index contributed by atoms with van der Waals surface area (Å²) in [6.07, 6.45) is 0.695. The molecule has 0 bridgehead atoms. The van der Waals surface area contributed by atoms with Gasteiger partial charge in [0, 0.05) is 16.9 Å². The second kappa shape index (κ2) is 5.69. The van der Waals surface area contributed by atoms with E-state index in [-0.39, 0.29) is 11.7 Å². The second-order valence-electron chi connectivity index (χ2n) is 4.54. The molecule has 0 radical (unpaired) electrons. The van der Waals surface area contributed by atoms with Gasteiger partial charge in [-0.15, -0.1) is 0 Å². The molecule has 0 aliphatic carbocycles. The van der Waals surface area contributed by atoms with Gasteiger partial charge in [-0.25, -0.2) is 9.37 Å². The highest BCUT2D eigenvalue weighted by atomic mass is 19.1. The number of carbonyl (C=O) groups is 1. The number of nitrogen functional groups attached to an aromatic ring is 1. The average Bonchev–Trinajstić information content (AvgIpc) is 2.42. The molecule has 1 aromatic heterocycles. The topological polar surface area (TPSA) is 68.0 Å². The van der Waals surface area contributed by atoms with Crippen LogP contribution in [0.25, 0.3) is 0 Å². The summed E-state index contributed by atoms with van der Waals surface area (Å²) in [5.74, 6) is -0.283. The third kappa shape index (κ3) is 3.12. The zero-order chi connectivity index (χ0) is 14.7. The Morgan fingerprint density at radius 2 is 2.10 bits per heavy atom. The van der Waals surface area contributed by atoms with Crippen LogP contribution in [-0.4, -0.2) is 10.9 Å². The first kappa shape index (κ1) is 14.0. The summed E-state index contributed by atoms with van der Waals surface area (Å²) < 4.78 is 13.2. The predicted molar refractivity (Wildman–Crippen MR) is 77.1 cm³/mol. The average molecular weight is 273 g/mol. The SMILES string of the molecule is CCc1cc(C(=O)Nc2ccc(F)c(C)c2)cc(N)n1. The van der Waals surface area contributed by atoms with Crippen LogP contribution < -0.4 is 11.1 Å². The van der Waals surface area contributed by atoms with Crippen LogP contribution in [0.5, 0.6) is 0 Å². The molecule has 0 aliphatic heterocycles. The van der Waals surface area contributed by atoms with Crippen LogP contribution >= 0.6 is 0 Å². The third-order valence-electron chi connectivity index (χ3n) is 2.94. The minimum atomic E-state index is -0.301. The molecule has 0 saturated carbocycles. The second-order valence-corrected chi connectivity index (χ2v) is 4.54. The van der Waals surface area contributed by atoms with Gasteiger partial charge in [-0.05, 0) is 49.2 Å². The number of anilines is 2. The first-order valence-corrected chi connectivity index (χ1v) is 6.33. The number of hydrogen-bond donors (Lipinski definition) is 2. The van der Waals surface area contributed by atoms with Crippen molar-refractivity contribution >= 4 is 17.4 Å². The largest absolute Gasteiger partial charge is 0.384 e. The van der Waals surface area contributed by atoms with Crippen molar-refractivity contribution < 1.29 is 9.18 Å². The molecule has 4 nitrogen and oxygen atoms in total. The standard InChI is InChI=1S/C15H16FN3O/c1-3-11-7-10(8-14(17)18-11)15(20)19-12-4-5-13(16)9(2)6-12/h4-8H,3H2,1-2H3,(H2,17,18)(H,19,20). The fraction of sp³-hybridized carbons (Fsp3) is 0.200. The third-order valence-corrected chi connectivity index (χ3v) is 2.94. The number of nitrogens with zero attached hydrogens (tertiary/aromatic N) is 1. The van der Waals surface area contributed by atoms with Crippen molar-refractivity contribution in [3.63, 3.8) is 0 Å². The van der Waals surface area contributed by atoms with E-state index in [4.69, 9.17) is 5.73 Å². The predicted octanol–water partition coefficient (Wildman–Crippen LogP) is 2.93. The number of hydrogen-bond acceptors (Lipinski definition) is 3. The summed E-state index contributed by atoms with van der Waals surface area (Å²) in [5, 5.41) is 2.72. The van der Waals surface area contributed by atoms with Crippen LogP contribution in [0.15, 0.2) is 30.3 Å². The Hall–Kier alpha value is -2.43. The van der Waals surface area contributed by atoms with Crippen LogP contribution in [-0.2, 0) is 6.42 Å². The van der Waals surface area contributed by atoms with Crippen molar-refractivity contribution in [2.75, 3.05) is 11.1 Å². The van der Waals surface area contributed by atoms with Gasteiger partial charge in [-0.2, -0.15) is 0 Å². The number of halogens is 1. The Balaban J connectivity index is 2.23. The highest BCUT2D eigenvalue weighted by Gasteiger charge is 2.09. The van der Waals surface area contributed by atoms with Gasteiger partial charge in [0.05, 0.1) is 0 Å². The quantitative estimate of drug-likeness (QED) is 0.903. The summed E-state index contributed by atoms with van der Waals surface area (Å²) in [6, 6.07) is 7.64. The monoisotopic (exact) mass is 273 g/mol. The normalized spacial score (nSPS) is 10.3. The number of nitrogens with one attached hydrogen (secondary N) is 1. The Morgan fingerprint density at radius 1 is 1.35 bits per heavy atom. The smallest absolute Gasteiger partial charge is 0.255 e. The van der Waals surface area contributed by atoms with E-state index in [1.807, 2.05) is 6.92 Å². The number of amides is 1. The molecule has 0 saturated heterocycles. The first-order chi connectivity index (χ1) is 9.49. The van der Waals surface area contributed by atoms with Crippen LogP contribution in [0.3, 0.4) is 0 Å². The Bertz CT molecular complexity index is 656. The zero-order valence-electron chi connectivity index (χ0n) is 11.4. The van der Waals surface area contributed by atoms with Crippen molar-refractivity contribution in [2.45, 2.75) is 20.3 Å². The Labute approximate surface area is 116 Å². The van der Waals surface area contributed by atoms with E-state index in [1.54, 1.807) is 19.1 Å². The zero-order valence-corrected chi connectivity index (χ0v) is 11.4. The van der Waals surface area contributed by atoms with E-state index in [0.29, 0.717) is 29.1 Å². The summed E-state index contributed by atoms with van der Waals surface area (Å²) in [5.41, 5.74) is 7.89. The highest BCUT2D eigenvalue weighted by Crippen LogP contribution is 2.16. The molecule has 0 unspecified atom stereocenters. The Kier molecular flexibility index (Phi) is 3.98. The lowest BCUT2D eigenvalue weighted by atomic mass is 10.1. The number of pyridine rings is 1. The molecule has 2 rings (SSSR count). The van der Waals surface area contributed by atoms with Gasteiger partial charge in [0.25, 0.3) is 5.91 Å². The van der Waals surface area contributed by atoms with Crippen molar-refractivity contribution in [2.24, 2.45) is 0 Å². The van der Waals surface area contributed by atoms with Crippen molar-refractivity contribution in [3.8, 4) is 0 Å². The molecule has 2 aromatic rings. The van der Waals surface area contributed by atoms with Gasteiger partial charge in [-0.3, -0.25) is 4.79 Å². The summed E-state index contributed by atoms with van der Waals surface area (Å²) >= 11 is 0. The van der Waals surface area contributed by atoms with Crippen molar-refractivity contribution in [1.82, 2.24) is 4.98 Å². The number of aryl methyl sites for hydroxylation is 2. The Morgan fingerprint density at radius 3 is 2.75 bits per heavy atom. The van der Waals surface area contributed by atoms with Crippen LogP contribution in [0.1, 0.15) is 28.5 Å². The van der Waals surface area contributed by atoms with Crippen LogP contribution in [0, 0.1) is 12.7 Å². The number of carbonyl (C=O) groups excluding carboxylic acids is 1. The van der Waals surface area contributed by atoms with E-state index in [2.05, 4.69) is 10.3 Å². The maximum absolute atomic E-state index is 13.2. The maximum Gasteiger partial charge on any atom is 0.255 e. The lowest BCUT2D eigenvalue weighted by Crippen LogP contribution is -2.13.